The third-order valence-corrected chi connectivity index (χ3v) is 5.29. The van der Waals surface area contributed by atoms with Crippen molar-refractivity contribution in [2.75, 3.05) is 18.2 Å². The number of nitrogens with zero attached hydrogens (tertiary/aromatic N) is 2. The minimum atomic E-state index is -4.65. The third kappa shape index (κ3) is 3.47. The van der Waals surface area contributed by atoms with Crippen molar-refractivity contribution in [1.29, 1.82) is 0 Å². The summed E-state index contributed by atoms with van der Waals surface area (Å²) >= 11 is 15.1. The van der Waals surface area contributed by atoms with Crippen LogP contribution in [-0.4, -0.2) is 24.4 Å². The van der Waals surface area contributed by atoms with Crippen LogP contribution in [0.4, 0.5) is 19.0 Å². The first-order valence-electron chi connectivity index (χ1n) is 7.17. The molecule has 1 saturated heterocycles. The van der Waals surface area contributed by atoms with Gasteiger partial charge < -0.3 is 9.64 Å². The summed E-state index contributed by atoms with van der Waals surface area (Å²) < 4.78 is 47.8. The minimum absolute atomic E-state index is 0.116. The van der Waals surface area contributed by atoms with Gasteiger partial charge in [0.25, 0.3) is 0 Å². The Hall–Kier alpha value is -1.02. The third-order valence-electron chi connectivity index (χ3n) is 4.02. The summed E-state index contributed by atoms with van der Waals surface area (Å²) in [5.41, 5.74) is -1.79. The molecule has 3 nitrogen and oxygen atoms in total. The van der Waals surface area contributed by atoms with E-state index in [1.807, 2.05) is 6.92 Å². The van der Waals surface area contributed by atoms with E-state index in [0.29, 0.717) is 5.82 Å². The fourth-order valence-corrected chi connectivity index (χ4v) is 3.43. The highest BCUT2D eigenvalue weighted by Gasteiger charge is 2.61. The molecule has 1 fully saturated rings. The average Bonchev–Trinajstić information content (AvgIpc) is 2.95. The zero-order valence-corrected chi connectivity index (χ0v) is 16.0. The monoisotopic (exact) mass is 454 g/mol. The molecule has 1 atom stereocenters. The number of pyridine rings is 1. The van der Waals surface area contributed by atoms with Crippen molar-refractivity contribution in [3.8, 4) is 0 Å². The molecule has 0 N–H and O–H groups in total. The Labute approximate surface area is 160 Å². The molecule has 3 rings (SSSR count). The first-order valence-corrected chi connectivity index (χ1v) is 8.72. The van der Waals surface area contributed by atoms with E-state index in [2.05, 4.69) is 20.9 Å². The van der Waals surface area contributed by atoms with Crippen LogP contribution in [0.25, 0.3) is 0 Å². The van der Waals surface area contributed by atoms with E-state index in [4.69, 9.17) is 27.9 Å². The largest absolute Gasteiger partial charge is 0.423 e. The van der Waals surface area contributed by atoms with Crippen molar-refractivity contribution in [3.63, 3.8) is 0 Å². The summed E-state index contributed by atoms with van der Waals surface area (Å²) in [7, 11) is 0. The van der Waals surface area contributed by atoms with Crippen molar-refractivity contribution in [3.05, 3.63) is 56.1 Å². The lowest BCUT2D eigenvalue weighted by Crippen LogP contribution is -2.46. The maximum Gasteiger partial charge on any atom is 0.423 e. The molecule has 1 aliphatic heterocycles. The Morgan fingerprint density at radius 2 is 1.84 bits per heavy atom. The van der Waals surface area contributed by atoms with Crippen LogP contribution in [0.5, 0.6) is 0 Å². The first kappa shape index (κ1) is 18.8. The summed E-state index contributed by atoms with van der Waals surface area (Å²) in [6.45, 7) is 1.14. The predicted molar refractivity (Wildman–Crippen MR) is 94.2 cm³/mol. The molecule has 1 aromatic heterocycles. The van der Waals surface area contributed by atoms with Gasteiger partial charge in [-0.25, -0.2) is 4.98 Å². The molecule has 1 unspecified atom stereocenters. The topological polar surface area (TPSA) is 25.4 Å². The lowest BCUT2D eigenvalue weighted by molar-refractivity contribution is -0.264. The second-order valence-electron chi connectivity index (χ2n) is 5.75. The molecule has 2 aromatic rings. The molecule has 0 aliphatic carbocycles. The Morgan fingerprint density at radius 3 is 2.40 bits per heavy atom. The lowest BCUT2D eigenvalue weighted by atomic mass is 9.93. The number of anilines is 1. The van der Waals surface area contributed by atoms with Gasteiger partial charge in [-0.1, -0.05) is 23.2 Å². The van der Waals surface area contributed by atoms with Crippen LogP contribution in [0.2, 0.25) is 10.0 Å². The number of ether oxygens (including phenoxy) is 1. The molecule has 1 aliphatic rings. The zero-order valence-electron chi connectivity index (χ0n) is 12.9. The van der Waals surface area contributed by atoms with Gasteiger partial charge >= 0.3 is 6.18 Å². The molecule has 0 saturated carbocycles. The Bertz CT molecular complexity index is 798. The van der Waals surface area contributed by atoms with E-state index in [-0.39, 0.29) is 22.3 Å². The lowest BCUT2D eigenvalue weighted by Gasteiger charge is -2.31. The normalized spacial score (nSPS) is 21.0. The van der Waals surface area contributed by atoms with Crippen molar-refractivity contribution < 1.29 is 17.9 Å². The molecular formula is C16H12BrCl2F3N2O. The van der Waals surface area contributed by atoms with Gasteiger partial charge in [0, 0.05) is 20.7 Å². The fourth-order valence-electron chi connectivity index (χ4n) is 2.69. The molecule has 0 amide bonds. The van der Waals surface area contributed by atoms with Crippen LogP contribution in [0.15, 0.2) is 34.9 Å². The van der Waals surface area contributed by atoms with Gasteiger partial charge in [0.05, 0.1) is 6.54 Å². The van der Waals surface area contributed by atoms with Crippen LogP contribution < -0.4 is 4.90 Å². The summed E-state index contributed by atoms with van der Waals surface area (Å²) in [5, 5.41) is 0.233. The number of hydrogen-bond donors (Lipinski definition) is 0. The second-order valence-corrected chi connectivity index (χ2v) is 7.47. The van der Waals surface area contributed by atoms with Gasteiger partial charge in [-0.3, -0.25) is 0 Å². The van der Waals surface area contributed by atoms with E-state index >= 15 is 0 Å². The van der Waals surface area contributed by atoms with Crippen LogP contribution in [0.1, 0.15) is 11.1 Å². The average molecular weight is 456 g/mol. The highest BCUT2D eigenvalue weighted by molar-refractivity contribution is 9.10. The highest BCUT2D eigenvalue weighted by atomic mass is 79.9. The van der Waals surface area contributed by atoms with Gasteiger partial charge in [-0.15, -0.1) is 0 Å². The summed E-state index contributed by atoms with van der Waals surface area (Å²) in [5.74, 6) is 0.403. The van der Waals surface area contributed by atoms with Gasteiger partial charge in [-0.2, -0.15) is 13.2 Å². The second kappa shape index (κ2) is 6.61. The Kier molecular flexibility index (Phi) is 4.96. The molecule has 25 heavy (non-hydrogen) atoms. The number of alkyl halides is 3. The van der Waals surface area contributed by atoms with Gasteiger partial charge in [0.1, 0.15) is 12.5 Å². The van der Waals surface area contributed by atoms with Gasteiger partial charge in [0.15, 0.2) is 0 Å². The number of benzene rings is 1. The van der Waals surface area contributed by atoms with Crippen molar-refractivity contribution in [1.82, 2.24) is 4.98 Å². The number of rotatable bonds is 2. The quantitative estimate of drug-likeness (QED) is 0.579. The van der Waals surface area contributed by atoms with Crippen LogP contribution in [0, 0.1) is 6.92 Å². The SMILES string of the molecule is Cc1cc(N2COC(c3cc(Cl)cc(Cl)c3)(C(F)(F)F)C2)ncc1Br. The molecular weight excluding hydrogens is 444 g/mol. The number of halogens is 6. The van der Waals surface area contributed by atoms with Crippen molar-refractivity contribution in [2.45, 2.75) is 18.7 Å². The first-order chi connectivity index (χ1) is 11.6. The standard InChI is InChI=1S/C16H12BrCl2F3N2O/c1-9-2-14(23-6-13(9)17)24-7-15(25-8-24,16(20,21)22)10-3-11(18)5-12(19)4-10/h2-6H,7-8H2,1H3. The maximum absolute atomic E-state index is 13.9. The van der Waals surface area contributed by atoms with Gasteiger partial charge in [-0.05, 0) is 58.2 Å². The summed E-state index contributed by atoms with van der Waals surface area (Å²) in [6, 6.07) is 5.53. The molecule has 2 heterocycles. The van der Waals surface area contributed by atoms with Gasteiger partial charge in [0.2, 0.25) is 5.60 Å². The Morgan fingerprint density at radius 1 is 1.20 bits per heavy atom. The maximum atomic E-state index is 13.9. The molecule has 9 heteroatoms. The smallest absolute Gasteiger partial charge is 0.338 e. The van der Waals surface area contributed by atoms with E-state index in [9.17, 15) is 13.2 Å². The molecule has 0 radical (unpaired) electrons. The minimum Gasteiger partial charge on any atom is -0.338 e. The van der Waals surface area contributed by atoms with Crippen molar-refractivity contribution in [2.24, 2.45) is 0 Å². The predicted octanol–water partition coefficient (Wildman–Crippen LogP) is 5.71. The molecule has 134 valence electrons. The van der Waals surface area contributed by atoms with E-state index in [1.54, 1.807) is 12.3 Å². The van der Waals surface area contributed by atoms with Crippen LogP contribution >= 0.6 is 39.1 Å². The summed E-state index contributed by atoms with van der Waals surface area (Å²) in [4.78, 5) is 5.61. The highest BCUT2D eigenvalue weighted by Crippen LogP contribution is 2.47. The number of aromatic nitrogens is 1. The molecule has 0 bridgehead atoms. The fraction of sp³-hybridized carbons (Fsp3) is 0.312. The van der Waals surface area contributed by atoms with Crippen LogP contribution in [-0.2, 0) is 10.3 Å². The van der Waals surface area contributed by atoms with E-state index in [1.165, 1.54) is 23.1 Å². The summed E-state index contributed by atoms with van der Waals surface area (Å²) in [6.07, 6.45) is -3.10. The van der Waals surface area contributed by atoms with Crippen LogP contribution in [0.3, 0.4) is 0 Å². The number of hydrogen-bond acceptors (Lipinski definition) is 3. The zero-order chi connectivity index (χ0) is 18.4. The van der Waals surface area contributed by atoms with E-state index < -0.39 is 18.3 Å². The Balaban J connectivity index is 2.03. The van der Waals surface area contributed by atoms with Crippen molar-refractivity contribution >= 4 is 44.9 Å². The number of aryl methyl sites for hydroxylation is 1. The molecule has 1 aromatic carbocycles. The molecule has 0 spiro atoms. The van der Waals surface area contributed by atoms with E-state index in [0.717, 1.165) is 10.0 Å².